The fourth-order valence-electron chi connectivity index (χ4n) is 6.44. The van der Waals surface area contributed by atoms with Crippen LogP contribution in [-0.4, -0.2) is 65.1 Å². The van der Waals surface area contributed by atoms with Crippen molar-refractivity contribution in [2.24, 2.45) is 0 Å². The molecule has 1 aromatic heterocycles. The minimum Gasteiger partial charge on any atom is -0.452 e. The Bertz CT molecular complexity index is 1250. The number of methoxy groups -OCH3 is 1. The van der Waals surface area contributed by atoms with E-state index in [0.29, 0.717) is 17.9 Å². The molecular weight excluding hydrogens is 522 g/mol. The SMILES string of the molecule is COC(=O)N1c2ccc(-c3cnn(CCO)c3)cc2N(C(=O)OC2CCCC3(C/C=C\CCCCCC3)N2)C[C@@H]1C. The molecule has 5 rings (SSSR count). The average Bonchev–Trinajstić information content (AvgIpc) is 3.44. The number of rotatable bonds is 4. The van der Waals surface area contributed by atoms with E-state index in [2.05, 4.69) is 22.6 Å². The third kappa shape index (κ3) is 6.59. The fraction of sp³-hybridized carbons (Fsp3) is 0.581. The van der Waals surface area contributed by atoms with Gasteiger partial charge in [0.25, 0.3) is 0 Å². The molecule has 2 N–H and O–H groups in total. The van der Waals surface area contributed by atoms with Crippen LogP contribution in [0.15, 0.2) is 42.7 Å². The predicted molar refractivity (Wildman–Crippen MR) is 158 cm³/mol. The van der Waals surface area contributed by atoms with Crippen molar-refractivity contribution in [2.45, 2.75) is 95.5 Å². The van der Waals surface area contributed by atoms with E-state index < -0.39 is 12.2 Å². The maximum atomic E-state index is 13.8. The molecule has 1 fully saturated rings. The third-order valence-electron chi connectivity index (χ3n) is 8.58. The topological polar surface area (TPSA) is 109 Å². The van der Waals surface area contributed by atoms with Crippen LogP contribution in [0.25, 0.3) is 11.1 Å². The van der Waals surface area contributed by atoms with Crippen LogP contribution in [0, 0.1) is 0 Å². The number of hydrogen-bond acceptors (Lipinski definition) is 7. The lowest BCUT2D eigenvalue weighted by Crippen LogP contribution is -2.57. The van der Waals surface area contributed by atoms with E-state index in [1.54, 1.807) is 20.7 Å². The van der Waals surface area contributed by atoms with E-state index in [0.717, 1.165) is 49.7 Å². The first-order valence-corrected chi connectivity index (χ1v) is 15.0. The number of allylic oxidation sites excluding steroid dienone is 1. The molecule has 2 amide bonds. The second-order valence-electron chi connectivity index (χ2n) is 11.5. The number of nitrogens with zero attached hydrogens (tertiary/aromatic N) is 4. The Labute approximate surface area is 242 Å². The highest BCUT2D eigenvalue weighted by Gasteiger charge is 2.40. The van der Waals surface area contributed by atoms with Crippen molar-refractivity contribution in [3.8, 4) is 11.1 Å². The first-order valence-electron chi connectivity index (χ1n) is 15.0. The van der Waals surface area contributed by atoms with E-state index in [4.69, 9.17) is 9.47 Å². The molecule has 3 atom stereocenters. The molecule has 2 unspecified atom stereocenters. The number of carbonyl (C=O) groups is 2. The predicted octanol–water partition coefficient (Wildman–Crippen LogP) is 5.60. The highest BCUT2D eigenvalue weighted by molar-refractivity contribution is 6.01. The van der Waals surface area contributed by atoms with Crippen LogP contribution < -0.4 is 15.1 Å². The van der Waals surface area contributed by atoms with Crippen LogP contribution in [0.5, 0.6) is 0 Å². The third-order valence-corrected chi connectivity index (χ3v) is 8.58. The van der Waals surface area contributed by atoms with Crippen molar-refractivity contribution >= 4 is 23.6 Å². The maximum absolute atomic E-state index is 13.8. The van der Waals surface area contributed by atoms with Crippen LogP contribution in [0.4, 0.5) is 21.0 Å². The van der Waals surface area contributed by atoms with Gasteiger partial charge in [-0.3, -0.25) is 19.8 Å². The second kappa shape index (κ2) is 13.1. The molecule has 0 radical (unpaired) electrons. The average molecular weight is 566 g/mol. The minimum atomic E-state index is -0.477. The Balaban J connectivity index is 1.39. The number of benzene rings is 1. The van der Waals surface area contributed by atoms with Gasteiger partial charge in [0.05, 0.1) is 50.4 Å². The van der Waals surface area contributed by atoms with Gasteiger partial charge in [-0.2, -0.15) is 5.10 Å². The van der Waals surface area contributed by atoms with Crippen molar-refractivity contribution in [1.29, 1.82) is 0 Å². The first-order chi connectivity index (χ1) is 19.9. The molecule has 3 heterocycles. The van der Waals surface area contributed by atoms with Gasteiger partial charge < -0.3 is 14.6 Å². The minimum absolute atomic E-state index is 0.0102. The molecule has 0 bridgehead atoms. The number of hydrogen-bond donors (Lipinski definition) is 2. The van der Waals surface area contributed by atoms with Gasteiger partial charge in [0, 0.05) is 17.3 Å². The van der Waals surface area contributed by atoms with Crippen molar-refractivity contribution in [3.63, 3.8) is 0 Å². The molecule has 10 heteroatoms. The molecule has 1 spiro atoms. The van der Waals surface area contributed by atoms with Crippen molar-refractivity contribution < 1.29 is 24.2 Å². The molecule has 1 aliphatic carbocycles. The van der Waals surface area contributed by atoms with Crippen LogP contribution in [0.1, 0.15) is 71.1 Å². The van der Waals surface area contributed by atoms with Gasteiger partial charge in [0.2, 0.25) is 0 Å². The zero-order valence-electron chi connectivity index (χ0n) is 24.3. The molecule has 2 aliphatic heterocycles. The lowest BCUT2D eigenvalue weighted by Gasteiger charge is -2.43. The van der Waals surface area contributed by atoms with E-state index in [9.17, 15) is 14.7 Å². The number of aromatic nitrogens is 2. The zero-order chi connectivity index (χ0) is 28.8. The van der Waals surface area contributed by atoms with Crippen LogP contribution >= 0.6 is 0 Å². The lowest BCUT2D eigenvalue weighted by atomic mass is 9.80. The Kier molecular flexibility index (Phi) is 9.29. The molecule has 3 aliphatic rings. The highest BCUT2D eigenvalue weighted by atomic mass is 16.6. The molecule has 222 valence electrons. The number of amides is 2. The normalized spacial score (nSPS) is 25.8. The van der Waals surface area contributed by atoms with Crippen LogP contribution in [-0.2, 0) is 16.0 Å². The number of nitrogens with one attached hydrogen (secondary N) is 1. The molecule has 1 saturated heterocycles. The van der Waals surface area contributed by atoms with Gasteiger partial charge in [-0.15, -0.1) is 0 Å². The monoisotopic (exact) mass is 565 g/mol. The van der Waals surface area contributed by atoms with Gasteiger partial charge in [0.1, 0.15) is 0 Å². The quantitative estimate of drug-likeness (QED) is 0.465. The number of aliphatic hydroxyl groups excluding tert-OH is 1. The molecule has 1 aromatic carbocycles. The van der Waals surface area contributed by atoms with Crippen molar-refractivity contribution in [2.75, 3.05) is 30.1 Å². The number of anilines is 2. The Morgan fingerprint density at radius 2 is 1.90 bits per heavy atom. The summed E-state index contributed by atoms with van der Waals surface area (Å²) < 4.78 is 12.9. The number of piperidine rings is 1. The summed E-state index contributed by atoms with van der Waals surface area (Å²) in [7, 11) is 1.36. The maximum Gasteiger partial charge on any atom is 0.416 e. The largest absolute Gasteiger partial charge is 0.452 e. The van der Waals surface area contributed by atoms with Gasteiger partial charge >= 0.3 is 12.2 Å². The summed E-state index contributed by atoms with van der Waals surface area (Å²) in [6, 6.07) is 5.31. The Morgan fingerprint density at radius 3 is 2.73 bits per heavy atom. The fourth-order valence-corrected chi connectivity index (χ4v) is 6.44. The van der Waals surface area contributed by atoms with Crippen molar-refractivity contribution in [1.82, 2.24) is 15.1 Å². The zero-order valence-corrected chi connectivity index (χ0v) is 24.3. The van der Waals surface area contributed by atoms with E-state index in [1.807, 2.05) is 31.3 Å². The summed E-state index contributed by atoms with van der Waals surface area (Å²) in [4.78, 5) is 29.8. The lowest BCUT2D eigenvalue weighted by molar-refractivity contribution is 0.0226. The summed E-state index contributed by atoms with van der Waals surface area (Å²) in [5.41, 5.74) is 2.81. The molecular formula is C31H43N5O5. The number of carbonyl (C=O) groups excluding carboxylic acids is 2. The van der Waals surface area contributed by atoms with Gasteiger partial charge in [-0.1, -0.05) is 37.5 Å². The van der Waals surface area contributed by atoms with E-state index in [1.165, 1.54) is 32.8 Å². The van der Waals surface area contributed by atoms with Crippen LogP contribution in [0.3, 0.4) is 0 Å². The molecule has 10 nitrogen and oxygen atoms in total. The molecule has 41 heavy (non-hydrogen) atoms. The van der Waals surface area contributed by atoms with Gasteiger partial charge in [0.15, 0.2) is 6.23 Å². The summed E-state index contributed by atoms with van der Waals surface area (Å²) in [6.45, 7) is 2.55. The number of aliphatic hydroxyl groups is 1. The summed E-state index contributed by atoms with van der Waals surface area (Å²) >= 11 is 0. The van der Waals surface area contributed by atoms with Crippen molar-refractivity contribution in [3.05, 3.63) is 42.7 Å². The summed E-state index contributed by atoms with van der Waals surface area (Å²) in [6.07, 6.45) is 17.9. The Hall–Kier alpha value is -3.37. The standard InChI is InChI=1S/C31H43N5O5/c1-23-21-35(29(38)41-28-11-10-16-31(33-28)14-8-6-4-3-5-7-9-15-31)27-19-24(25-20-32-34(22-25)17-18-37)12-13-26(27)36(23)30(39)40-2/h6,8,12-13,19-20,22-23,28,33,37H,3-5,7,9-11,14-18,21H2,1-2H3/b8-6-/t23-,28?,31?/m0/s1. The number of ether oxygens (including phenoxy) is 2. The first kappa shape index (κ1) is 29.1. The van der Waals surface area contributed by atoms with Crippen LogP contribution in [0.2, 0.25) is 0 Å². The molecule has 2 aromatic rings. The number of fused-ring (bicyclic) bond motifs is 1. The molecule has 0 saturated carbocycles. The summed E-state index contributed by atoms with van der Waals surface area (Å²) in [5, 5.41) is 17.3. The van der Waals surface area contributed by atoms with E-state index >= 15 is 0 Å². The summed E-state index contributed by atoms with van der Waals surface area (Å²) in [5.74, 6) is 0. The van der Waals surface area contributed by atoms with Gasteiger partial charge in [-0.25, -0.2) is 9.59 Å². The van der Waals surface area contributed by atoms with Gasteiger partial charge in [-0.05, 0) is 69.6 Å². The Morgan fingerprint density at radius 1 is 1.07 bits per heavy atom. The van der Waals surface area contributed by atoms with E-state index in [-0.39, 0.29) is 31.0 Å². The smallest absolute Gasteiger partial charge is 0.416 e. The highest BCUT2D eigenvalue weighted by Crippen LogP contribution is 2.40. The second-order valence-corrected chi connectivity index (χ2v) is 11.5.